The van der Waals surface area contributed by atoms with Gasteiger partial charge >= 0.3 is 0 Å². The van der Waals surface area contributed by atoms with Crippen molar-refractivity contribution in [1.82, 2.24) is 20.2 Å². The SMILES string of the molecule is CN1CCC(Cc2nccc(C3(c4ccccc4Cl)CCNCC3)n2)CC1. The molecule has 2 saturated heterocycles. The number of aromatic nitrogens is 2. The molecule has 1 N–H and O–H groups in total. The van der Waals surface area contributed by atoms with Crippen LogP contribution in [-0.4, -0.2) is 48.1 Å². The van der Waals surface area contributed by atoms with E-state index in [2.05, 4.69) is 40.4 Å². The molecule has 27 heavy (non-hydrogen) atoms. The minimum Gasteiger partial charge on any atom is -0.317 e. The molecule has 2 fully saturated rings. The van der Waals surface area contributed by atoms with Gasteiger partial charge in [0.25, 0.3) is 0 Å². The van der Waals surface area contributed by atoms with E-state index >= 15 is 0 Å². The fourth-order valence-electron chi connectivity index (χ4n) is 4.65. The van der Waals surface area contributed by atoms with E-state index in [1.54, 1.807) is 0 Å². The molecule has 2 aromatic rings. The molecular formula is C22H29ClN4. The van der Waals surface area contributed by atoms with E-state index in [4.69, 9.17) is 16.6 Å². The Morgan fingerprint density at radius 1 is 1.15 bits per heavy atom. The van der Waals surface area contributed by atoms with Crippen LogP contribution >= 0.6 is 11.6 Å². The molecule has 3 heterocycles. The first-order valence-corrected chi connectivity index (χ1v) is 10.5. The molecule has 2 aliphatic rings. The average molecular weight is 385 g/mol. The summed E-state index contributed by atoms with van der Waals surface area (Å²) in [6.45, 7) is 4.33. The highest BCUT2D eigenvalue weighted by molar-refractivity contribution is 6.31. The summed E-state index contributed by atoms with van der Waals surface area (Å²) >= 11 is 6.64. The molecule has 5 heteroatoms. The molecule has 0 saturated carbocycles. The first-order chi connectivity index (χ1) is 13.2. The van der Waals surface area contributed by atoms with Crippen molar-refractivity contribution in [3.8, 4) is 0 Å². The van der Waals surface area contributed by atoms with Gasteiger partial charge in [0, 0.05) is 23.1 Å². The molecule has 0 amide bonds. The largest absolute Gasteiger partial charge is 0.317 e. The molecule has 4 nitrogen and oxygen atoms in total. The van der Waals surface area contributed by atoms with Crippen molar-refractivity contribution in [1.29, 1.82) is 0 Å². The fourth-order valence-corrected chi connectivity index (χ4v) is 4.97. The van der Waals surface area contributed by atoms with Gasteiger partial charge in [-0.1, -0.05) is 29.8 Å². The van der Waals surface area contributed by atoms with Gasteiger partial charge in [-0.15, -0.1) is 0 Å². The van der Waals surface area contributed by atoms with Crippen LogP contribution in [-0.2, 0) is 11.8 Å². The van der Waals surface area contributed by atoms with Gasteiger partial charge in [-0.3, -0.25) is 0 Å². The van der Waals surface area contributed by atoms with Gasteiger partial charge in [0.1, 0.15) is 5.82 Å². The van der Waals surface area contributed by atoms with E-state index in [1.165, 1.54) is 31.5 Å². The maximum absolute atomic E-state index is 6.64. The van der Waals surface area contributed by atoms with Crippen LogP contribution in [0, 0.1) is 5.92 Å². The molecule has 1 aromatic heterocycles. The Labute approximate surface area is 167 Å². The van der Waals surface area contributed by atoms with Gasteiger partial charge in [0.2, 0.25) is 0 Å². The first-order valence-electron chi connectivity index (χ1n) is 10.1. The third-order valence-corrected chi connectivity index (χ3v) is 6.68. The molecule has 0 spiro atoms. The molecule has 0 bridgehead atoms. The highest BCUT2D eigenvalue weighted by atomic mass is 35.5. The third-order valence-electron chi connectivity index (χ3n) is 6.35. The number of nitrogens with one attached hydrogen (secondary N) is 1. The van der Waals surface area contributed by atoms with E-state index in [9.17, 15) is 0 Å². The minimum absolute atomic E-state index is 0.117. The smallest absolute Gasteiger partial charge is 0.128 e. The Kier molecular flexibility index (Phi) is 5.76. The van der Waals surface area contributed by atoms with E-state index in [0.717, 1.165) is 48.9 Å². The number of piperidine rings is 2. The zero-order valence-corrected chi connectivity index (χ0v) is 16.9. The number of likely N-dealkylation sites (tertiary alicyclic amines) is 1. The van der Waals surface area contributed by atoms with Crippen molar-refractivity contribution >= 4 is 11.6 Å². The Hall–Kier alpha value is -1.49. The second-order valence-corrected chi connectivity index (χ2v) is 8.53. The number of hydrogen-bond acceptors (Lipinski definition) is 4. The van der Waals surface area contributed by atoms with Crippen molar-refractivity contribution in [2.24, 2.45) is 5.92 Å². The van der Waals surface area contributed by atoms with Crippen molar-refractivity contribution < 1.29 is 0 Å². The first kappa shape index (κ1) is 18.9. The van der Waals surface area contributed by atoms with Crippen LogP contribution in [0.15, 0.2) is 36.5 Å². The Bertz CT molecular complexity index is 764. The van der Waals surface area contributed by atoms with Gasteiger partial charge in [0.15, 0.2) is 0 Å². The highest BCUT2D eigenvalue weighted by Gasteiger charge is 2.38. The summed E-state index contributed by atoms with van der Waals surface area (Å²) in [6, 6.07) is 10.4. The van der Waals surface area contributed by atoms with Gasteiger partial charge in [0.05, 0.1) is 5.69 Å². The number of hydrogen-bond donors (Lipinski definition) is 1. The summed E-state index contributed by atoms with van der Waals surface area (Å²) < 4.78 is 0. The van der Waals surface area contributed by atoms with Crippen LogP contribution in [0.4, 0.5) is 0 Å². The monoisotopic (exact) mass is 384 g/mol. The lowest BCUT2D eigenvalue weighted by atomic mass is 9.70. The molecule has 2 aliphatic heterocycles. The molecule has 0 unspecified atom stereocenters. The summed E-state index contributed by atoms with van der Waals surface area (Å²) in [5, 5.41) is 4.33. The summed E-state index contributed by atoms with van der Waals surface area (Å²) in [4.78, 5) is 12.1. The van der Waals surface area contributed by atoms with E-state index in [1.807, 2.05) is 18.3 Å². The molecular weight excluding hydrogens is 356 g/mol. The van der Waals surface area contributed by atoms with Crippen LogP contribution < -0.4 is 5.32 Å². The van der Waals surface area contributed by atoms with Crippen LogP contribution in [0.2, 0.25) is 5.02 Å². The second-order valence-electron chi connectivity index (χ2n) is 8.12. The predicted octanol–water partition coefficient (Wildman–Crippen LogP) is 3.68. The zero-order valence-electron chi connectivity index (χ0n) is 16.1. The van der Waals surface area contributed by atoms with E-state index in [-0.39, 0.29) is 5.41 Å². The third kappa shape index (κ3) is 4.03. The molecule has 0 aliphatic carbocycles. The average Bonchev–Trinajstić information content (AvgIpc) is 2.71. The highest BCUT2D eigenvalue weighted by Crippen LogP contribution is 2.42. The van der Waals surface area contributed by atoms with Crippen molar-refractivity contribution in [3.63, 3.8) is 0 Å². The Morgan fingerprint density at radius 3 is 2.63 bits per heavy atom. The summed E-state index contributed by atoms with van der Waals surface area (Å²) in [5.74, 6) is 1.69. The zero-order chi connectivity index (χ0) is 18.7. The molecule has 0 radical (unpaired) electrons. The van der Waals surface area contributed by atoms with Crippen LogP contribution in [0.3, 0.4) is 0 Å². The quantitative estimate of drug-likeness (QED) is 0.872. The Morgan fingerprint density at radius 2 is 1.89 bits per heavy atom. The van der Waals surface area contributed by atoms with Crippen LogP contribution in [0.1, 0.15) is 42.8 Å². The predicted molar refractivity (Wildman–Crippen MR) is 110 cm³/mol. The maximum Gasteiger partial charge on any atom is 0.128 e. The number of benzene rings is 1. The summed E-state index contributed by atoms with van der Waals surface area (Å²) in [6.07, 6.45) is 7.45. The van der Waals surface area contributed by atoms with Gasteiger partial charge in [-0.25, -0.2) is 9.97 Å². The molecule has 1 aromatic carbocycles. The van der Waals surface area contributed by atoms with Gasteiger partial charge in [-0.2, -0.15) is 0 Å². The van der Waals surface area contributed by atoms with Gasteiger partial charge < -0.3 is 10.2 Å². The van der Waals surface area contributed by atoms with E-state index < -0.39 is 0 Å². The molecule has 144 valence electrons. The molecule has 4 rings (SSSR count). The second kappa shape index (κ2) is 8.26. The normalized spacial score (nSPS) is 21.3. The maximum atomic E-state index is 6.64. The lowest BCUT2D eigenvalue weighted by molar-refractivity contribution is 0.217. The lowest BCUT2D eigenvalue weighted by Crippen LogP contribution is -2.41. The summed E-state index contributed by atoms with van der Waals surface area (Å²) in [5.41, 5.74) is 2.22. The van der Waals surface area contributed by atoms with E-state index in [0.29, 0.717) is 5.92 Å². The summed E-state index contributed by atoms with van der Waals surface area (Å²) in [7, 11) is 2.21. The minimum atomic E-state index is -0.117. The van der Waals surface area contributed by atoms with Crippen molar-refractivity contribution in [2.75, 3.05) is 33.2 Å². The van der Waals surface area contributed by atoms with Gasteiger partial charge in [-0.05, 0) is 82.5 Å². The standard InChI is InChI=1S/C22H29ClN4/c1-27-14-7-17(8-15-27)16-21-25-11-6-20(26-21)22(9-12-24-13-10-22)18-4-2-3-5-19(18)23/h2-6,11,17,24H,7-10,12-16H2,1H3. The van der Waals surface area contributed by atoms with Crippen LogP contribution in [0.5, 0.6) is 0 Å². The Balaban J connectivity index is 1.64. The number of rotatable bonds is 4. The fraction of sp³-hybridized carbons (Fsp3) is 0.545. The topological polar surface area (TPSA) is 41.1 Å². The van der Waals surface area contributed by atoms with Crippen LogP contribution in [0.25, 0.3) is 0 Å². The molecule has 0 atom stereocenters. The van der Waals surface area contributed by atoms with Crippen molar-refractivity contribution in [3.05, 3.63) is 58.6 Å². The number of nitrogens with zero attached hydrogens (tertiary/aromatic N) is 3. The lowest BCUT2D eigenvalue weighted by Gasteiger charge is -2.38. The number of halogens is 1. The van der Waals surface area contributed by atoms with Crippen molar-refractivity contribution in [2.45, 2.75) is 37.5 Å².